The van der Waals surface area contributed by atoms with Gasteiger partial charge in [0.1, 0.15) is 0 Å². The Hall–Kier alpha value is -3.52. The normalized spacial score (nSPS) is 14.8. The number of aromatic nitrogens is 5. The number of morpholine rings is 1. The summed E-state index contributed by atoms with van der Waals surface area (Å²) in [5.74, 6) is 0. The number of benzene rings is 1. The van der Waals surface area contributed by atoms with Crippen LogP contribution in [0.5, 0.6) is 0 Å². The predicted molar refractivity (Wildman–Crippen MR) is 116 cm³/mol. The van der Waals surface area contributed by atoms with Gasteiger partial charge in [0.05, 0.1) is 49.2 Å². The van der Waals surface area contributed by atoms with Crippen LogP contribution in [-0.2, 0) is 11.3 Å². The van der Waals surface area contributed by atoms with E-state index in [0.29, 0.717) is 19.8 Å². The summed E-state index contributed by atoms with van der Waals surface area (Å²) in [5.41, 5.74) is 6.87. The van der Waals surface area contributed by atoms with Crippen molar-refractivity contribution in [2.24, 2.45) is 4.99 Å². The number of hydrogen-bond acceptors (Lipinski definition) is 6. The Morgan fingerprint density at radius 3 is 2.93 bits per heavy atom. The maximum absolute atomic E-state index is 5.53. The van der Waals surface area contributed by atoms with Crippen LogP contribution < -0.4 is 4.90 Å². The summed E-state index contributed by atoms with van der Waals surface area (Å²) in [6, 6.07) is 10.4. The third-order valence-electron chi connectivity index (χ3n) is 5.14. The van der Waals surface area contributed by atoms with Crippen LogP contribution in [0.3, 0.4) is 0 Å². The molecule has 4 aromatic rings. The first-order valence-electron chi connectivity index (χ1n) is 10.0. The second-order valence-corrected chi connectivity index (χ2v) is 7.39. The summed E-state index contributed by atoms with van der Waals surface area (Å²) in [6.07, 6.45) is 7.45. The number of nitrogens with zero attached hydrogens (tertiary/aromatic N) is 6. The van der Waals surface area contributed by atoms with Crippen molar-refractivity contribution in [3.05, 3.63) is 65.7 Å². The average molecular weight is 401 g/mol. The van der Waals surface area contributed by atoms with Crippen molar-refractivity contribution in [2.75, 3.05) is 31.2 Å². The fourth-order valence-corrected chi connectivity index (χ4v) is 3.65. The predicted octanol–water partition coefficient (Wildman–Crippen LogP) is 2.88. The van der Waals surface area contributed by atoms with E-state index in [4.69, 9.17) is 14.8 Å². The molecule has 3 aromatic heterocycles. The van der Waals surface area contributed by atoms with Crippen molar-refractivity contribution in [1.82, 2.24) is 24.8 Å². The summed E-state index contributed by atoms with van der Waals surface area (Å²) in [6.45, 7) is 5.67. The van der Waals surface area contributed by atoms with Crippen molar-refractivity contribution in [3.63, 3.8) is 0 Å². The third kappa shape index (κ3) is 3.81. The Bertz CT molecular complexity index is 1170. The molecular weight excluding hydrogens is 378 g/mol. The lowest BCUT2D eigenvalue weighted by atomic mass is 10.1. The van der Waals surface area contributed by atoms with E-state index >= 15 is 0 Å². The largest absolute Gasteiger partial charge is 0.378 e. The van der Waals surface area contributed by atoms with Gasteiger partial charge >= 0.3 is 0 Å². The number of aryl methyl sites for hydroxylation is 1. The van der Waals surface area contributed by atoms with Gasteiger partial charge in [-0.2, -0.15) is 10.2 Å². The molecule has 8 nitrogen and oxygen atoms in total. The first-order chi connectivity index (χ1) is 14.8. The van der Waals surface area contributed by atoms with Crippen molar-refractivity contribution >= 4 is 17.5 Å². The molecule has 0 unspecified atom stereocenters. The molecule has 0 bridgehead atoms. The van der Waals surface area contributed by atoms with Crippen LogP contribution >= 0.6 is 0 Å². The zero-order valence-electron chi connectivity index (χ0n) is 16.8. The Morgan fingerprint density at radius 2 is 2.13 bits per heavy atom. The zero-order valence-corrected chi connectivity index (χ0v) is 16.8. The Labute approximate surface area is 174 Å². The van der Waals surface area contributed by atoms with E-state index in [0.717, 1.165) is 46.9 Å². The molecule has 30 heavy (non-hydrogen) atoms. The van der Waals surface area contributed by atoms with E-state index in [-0.39, 0.29) is 0 Å². The highest BCUT2D eigenvalue weighted by Crippen LogP contribution is 2.26. The van der Waals surface area contributed by atoms with Crippen LogP contribution in [0.1, 0.15) is 16.8 Å². The van der Waals surface area contributed by atoms with Gasteiger partial charge in [0.15, 0.2) is 5.65 Å². The van der Waals surface area contributed by atoms with Crippen molar-refractivity contribution in [2.45, 2.75) is 13.5 Å². The molecule has 1 aliphatic heterocycles. The first kappa shape index (κ1) is 18.5. The summed E-state index contributed by atoms with van der Waals surface area (Å²) in [5, 5.41) is 11.6. The maximum Gasteiger partial charge on any atom is 0.177 e. The fraction of sp³-hybridized carbons (Fsp3) is 0.273. The maximum atomic E-state index is 5.53. The zero-order chi connectivity index (χ0) is 20.3. The Morgan fingerprint density at radius 1 is 1.23 bits per heavy atom. The molecule has 1 N–H and O–H groups in total. The fourth-order valence-electron chi connectivity index (χ4n) is 3.65. The monoisotopic (exact) mass is 401 g/mol. The van der Waals surface area contributed by atoms with E-state index in [1.165, 1.54) is 5.56 Å². The molecule has 0 radical (unpaired) electrons. The first-order valence-corrected chi connectivity index (χ1v) is 10.0. The Balaban J connectivity index is 1.50. The molecule has 1 fully saturated rings. The van der Waals surface area contributed by atoms with E-state index in [2.05, 4.69) is 51.3 Å². The lowest BCUT2D eigenvalue weighted by Crippen LogP contribution is -2.36. The third-order valence-corrected chi connectivity index (χ3v) is 5.14. The van der Waals surface area contributed by atoms with E-state index in [1.54, 1.807) is 6.20 Å². The number of aliphatic imine (C=N–C) groups is 1. The van der Waals surface area contributed by atoms with E-state index < -0.39 is 0 Å². The van der Waals surface area contributed by atoms with Crippen LogP contribution in [0, 0.1) is 6.92 Å². The molecule has 5 rings (SSSR count). The number of H-pyrrole nitrogens is 1. The van der Waals surface area contributed by atoms with E-state index in [1.807, 2.05) is 29.2 Å². The molecule has 1 aliphatic rings. The van der Waals surface area contributed by atoms with E-state index in [9.17, 15) is 0 Å². The smallest absolute Gasteiger partial charge is 0.177 e. The average Bonchev–Trinajstić information content (AvgIpc) is 3.44. The minimum absolute atomic E-state index is 0.500. The van der Waals surface area contributed by atoms with Gasteiger partial charge in [0, 0.05) is 31.1 Å². The molecule has 0 atom stereocenters. The molecule has 8 heteroatoms. The van der Waals surface area contributed by atoms with Gasteiger partial charge in [-0.25, -0.2) is 9.50 Å². The van der Waals surface area contributed by atoms with Gasteiger partial charge in [-0.3, -0.25) is 10.1 Å². The standard InChI is InChI=1S/C22H23N7O/c1-16-3-2-4-17(9-16)11-23-14-19-10-21(28-5-7-30-8-6-28)22-26-20(15-29(22)27-19)18-12-24-25-13-18/h2-4,9-13,15H,5-8,14H2,1H3,(H,24,25). The second kappa shape index (κ2) is 8.08. The number of hydrogen-bond donors (Lipinski definition) is 1. The number of nitrogens with one attached hydrogen (secondary N) is 1. The number of imidazole rings is 1. The number of aromatic amines is 1. The van der Waals surface area contributed by atoms with Gasteiger partial charge in [-0.1, -0.05) is 29.8 Å². The van der Waals surface area contributed by atoms with Crippen molar-refractivity contribution in [1.29, 1.82) is 0 Å². The topological polar surface area (TPSA) is 83.7 Å². The number of fused-ring (bicyclic) bond motifs is 1. The summed E-state index contributed by atoms with van der Waals surface area (Å²) >= 11 is 0. The van der Waals surface area contributed by atoms with Crippen LogP contribution in [0.4, 0.5) is 5.69 Å². The van der Waals surface area contributed by atoms with Gasteiger partial charge < -0.3 is 9.64 Å². The minimum Gasteiger partial charge on any atom is -0.378 e. The molecule has 1 saturated heterocycles. The molecule has 0 aliphatic carbocycles. The van der Waals surface area contributed by atoms with Gasteiger partial charge in [0.25, 0.3) is 0 Å². The number of rotatable bonds is 5. The highest BCUT2D eigenvalue weighted by atomic mass is 16.5. The highest BCUT2D eigenvalue weighted by Gasteiger charge is 2.18. The SMILES string of the molecule is Cc1cccc(C=NCc2cc(N3CCOCC3)c3nc(-c4cn[nH]c4)cn3n2)c1. The number of ether oxygens (including phenoxy) is 1. The minimum atomic E-state index is 0.500. The second-order valence-electron chi connectivity index (χ2n) is 7.39. The molecule has 0 saturated carbocycles. The molecular formula is C22H23N7O. The molecule has 4 heterocycles. The van der Waals surface area contributed by atoms with Crippen LogP contribution in [0.25, 0.3) is 16.9 Å². The lowest BCUT2D eigenvalue weighted by molar-refractivity contribution is 0.123. The molecule has 152 valence electrons. The lowest BCUT2D eigenvalue weighted by Gasteiger charge is -2.29. The van der Waals surface area contributed by atoms with Crippen LogP contribution in [-0.4, -0.2) is 57.3 Å². The van der Waals surface area contributed by atoms with Crippen molar-refractivity contribution in [3.8, 4) is 11.3 Å². The summed E-state index contributed by atoms with van der Waals surface area (Å²) in [7, 11) is 0. The summed E-state index contributed by atoms with van der Waals surface area (Å²) < 4.78 is 7.38. The quantitative estimate of drug-likeness (QED) is 0.520. The van der Waals surface area contributed by atoms with Gasteiger partial charge in [-0.15, -0.1) is 0 Å². The van der Waals surface area contributed by atoms with Gasteiger partial charge in [0.2, 0.25) is 0 Å². The van der Waals surface area contributed by atoms with Gasteiger partial charge in [-0.05, 0) is 18.6 Å². The molecule has 0 spiro atoms. The molecule has 0 amide bonds. The van der Waals surface area contributed by atoms with Crippen LogP contribution in [0.15, 0.2) is 53.9 Å². The Kier molecular flexibility index (Phi) is 4.98. The highest BCUT2D eigenvalue weighted by molar-refractivity contribution is 5.80. The summed E-state index contributed by atoms with van der Waals surface area (Å²) in [4.78, 5) is 11.8. The number of anilines is 1. The molecule has 1 aromatic carbocycles. The van der Waals surface area contributed by atoms with Crippen molar-refractivity contribution < 1.29 is 4.74 Å². The van der Waals surface area contributed by atoms with Crippen LogP contribution in [0.2, 0.25) is 0 Å².